The third kappa shape index (κ3) is 4.31. The molecule has 0 fully saturated rings. The summed E-state index contributed by atoms with van der Waals surface area (Å²) >= 11 is 0. The van der Waals surface area contributed by atoms with Gasteiger partial charge in [-0.25, -0.2) is 0 Å². The van der Waals surface area contributed by atoms with E-state index in [0.717, 1.165) is 11.2 Å². The highest BCUT2D eigenvalue weighted by atomic mass is 28.3. The maximum Gasteiger partial charge on any atom is 0.203 e. The molecule has 2 aliphatic heterocycles. The van der Waals surface area contributed by atoms with E-state index in [0.29, 0.717) is 0 Å². The molecular weight excluding hydrogens is 721 g/mol. The Kier molecular flexibility index (Phi) is 7.00. The van der Waals surface area contributed by atoms with Gasteiger partial charge in [-0.2, -0.15) is 0 Å². The molecule has 2 nitrogen and oxygen atoms in total. The zero-order valence-corrected chi connectivity index (χ0v) is 33.2. The Morgan fingerprint density at radius 3 is 1.28 bits per heavy atom. The van der Waals surface area contributed by atoms with Gasteiger partial charge in [0, 0.05) is 21.8 Å². The van der Waals surface area contributed by atoms with Crippen LogP contribution in [0.4, 0.5) is 0 Å². The molecule has 0 amide bonds. The molecule has 0 saturated carbocycles. The zero-order valence-electron chi connectivity index (χ0n) is 31.2. The Hall–Kier alpha value is -6.86. The lowest BCUT2D eigenvalue weighted by Gasteiger charge is -2.31. The van der Waals surface area contributed by atoms with Gasteiger partial charge in [-0.3, -0.25) is 4.98 Å². The number of para-hydroxylation sites is 1. The smallest absolute Gasteiger partial charge is 0.203 e. The first-order valence-corrected chi connectivity index (χ1v) is 23.8. The maximum atomic E-state index is 5.59. The molecule has 57 heavy (non-hydrogen) atoms. The molecule has 0 radical (unpaired) electrons. The van der Waals surface area contributed by atoms with Crippen molar-refractivity contribution in [3.8, 4) is 27.9 Å². The summed E-state index contributed by atoms with van der Waals surface area (Å²) in [6, 6.07) is 79.7. The Morgan fingerprint density at radius 2 is 0.754 bits per heavy atom. The second-order valence-corrected chi connectivity index (χ2v) is 22.8. The van der Waals surface area contributed by atoms with Gasteiger partial charge in [-0.15, -0.1) is 0 Å². The van der Waals surface area contributed by atoms with Crippen LogP contribution in [0.1, 0.15) is 0 Å². The van der Waals surface area contributed by atoms with Crippen molar-refractivity contribution in [2.75, 3.05) is 0 Å². The van der Waals surface area contributed by atoms with Crippen LogP contribution >= 0.6 is 0 Å². The Bertz CT molecular complexity index is 2900. The lowest BCUT2D eigenvalue weighted by molar-refractivity contribution is 1.17. The fourth-order valence-corrected chi connectivity index (χ4v) is 20.8. The van der Waals surface area contributed by atoms with E-state index in [2.05, 4.69) is 223 Å². The number of pyridine rings is 1. The Balaban J connectivity index is 1.21. The van der Waals surface area contributed by atoms with Gasteiger partial charge in [0.25, 0.3) is 0 Å². The fraction of sp³-hybridized carbons (Fsp3) is 0. The molecule has 4 heteroatoms. The quantitative estimate of drug-likeness (QED) is 0.175. The van der Waals surface area contributed by atoms with Crippen molar-refractivity contribution in [3.05, 3.63) is 219 Å². The highest BCUT2D eigenvalue weighted by Gasteiger charge is 2.51. The number of hydrogen-bond acceptors (Lipinski definition) is 1. The van der Waals surface area contributed by atoms with E-state index >= 15 is 0 Å². The van der Waals surface area contributed by atoms with Crippen LogP contribution in [0.5, 0.6) is 0 Å². The number of fused-ring (bicyclic) bond motifs is 9. The van der Waals surface area contributed by atoms with Gasteiger partial charge < -0.3 is 4.57 Å². The molecule has 0 spiro atoms. The maximum absolute atomic E-state index is 5.59. The molecule has 266 valence electrons. The molecule has 12 rings (SSSR count). The highest BCUT2D eigenvalue weighted by Crippen LogP contribution is 2.35. The second-order valence-electron chi connectivity index (χ2n) is 15.4. The summed E-state index contributed by atoms with van der Waals surface area (Å²) in [7, 11) is -5.53. The van der Waals surface area contributed by atoms with Crippen molar-refractivity contribution in [1.29, 1.82) is 0 Å². The van der Waals surface area contributed by atoms with E-state index in [-0.39, 0.29) is 0 Å². The predicted octanol–water partition coefficient (Wildman–Crippen LogP) is 6.89. The normalized spacial score (nSPS) is 14.2. The number of nitrogens with zero attached hydrogens (tertiary/aromatic N) is 2. The van der Waals surface area contributed by atoms with Crippen LogP contribution in [-0.2, 0) is 0 Å². The van der Waals surface area contributed by atoms with Gasteiger partial charge >= 0.3 is 0 Å². The number of hydrogen-bond donors (Lipinski definition) is 0. The van der Waals surface area contributed by atoms with E-state index in [9.17, 15) is 0 Å². The minimum Gasteiger partial charge on any atom is -0.308 e. The van der Waals surface area contributed by atoms with Crippen LogP contribution in [0.15, 0.2) is 219 Å². The van der Waals surface area contributed by atoms with E-state index in [1.807, 2.05) is 0 Å². The van der Waals surface area contributed by atoms with Crippen molar-refractivity contribution < 1.29 is 0 Å². The van der Waals surface area contributed by atoms with Gasteiger partial charge in [0.05, 0.1) is 17.2 Å². The summed E-state index contributed by atoms with van der Waals surface area (Å²) in [4.78, 5) is 5.59. The summed E-state index contributed by atoms with van der Waals surface area (Å²) in [5.41, 5.74) is 8.82. The molecule has 4 heterocycles. The Morgan fingerprint density at radius 1 is 0.333 bits per heavy atom. The SMILES string of the molecule is c1ccc(-n2c3ccc([Si]4(c5ccccc5)c5ccccc5-c5ccccc54)cc3c3cc([Si]4(c5ccccc5)c5ccccc5-c5ccccc54)ncc32)cc1. The summed E-state index contributed by atoms with van der Waals surface area (Å²) in [6.45, 7) is 0. The third-order valence-electron chi connectivity index (χ3n) is 12.8. The van der Waals surface area contributed by atoms with Crippen LogP contribution in [0, 0.1) is 0 Å². The first-order valence-electron chi connectivity index (χ1n) is 19.8. The molecular formula is C53H36N2Si2. The average molecular weight is 757 g/mol. The van der Waals surface area contributed by atoms with Crippen LogP contribution in [0.2, 0.25) is 0 Å². The van der Waals surface area contributed by atoms with Gasteiger partial charge in [-0.05, 0) is 82.8 Å². The van der Waals surface area contributed by atoms with Crippen molar-refractivity contribution in [1.82, 2.24) is 9.55 Å². The lowest BCUT2D eigenvalue weighted by atomic mass is 10.1. The standard InChI is InChI=1S/C53H36N2Si2/c1-4-18-37(19-5-1)55-47-33-32-40(56(38-20-6-2-7-21-38)49-28-14-10-24-41(49)42-25-11-15-29-50(42)56)34-45(47)46-35-53(54-36-48(46)55)57(39-22-8-3-9-23-39)51-30-16-12-26-43(51)44-27-13-17-31-52(44)57/h1-36H. The van der Waals surface area contributed by atoms with Crippen LogP contribution in [-0.4, -0.2) is 25.7 Å². The largest absolute Gasteiger partial charge is 0.308 e. The molecule has 0 bridgehead atoms. The minimum absolute atomic E-state index is 1.12. The number of benzene rings is 8. The highest BCUT2D eigenvalue weighted by molar-refractivity contribution is 7.22. The van der Waals surface area contributed by atoms with E-state index < -0.39 is 16.1 Å². The van der Waals surface area contributed by atoms with Gasteiger partial charge in [-0.1, -0.05) is 188 Å². The van der Waals surface area contributed by atoms with Crippen LogP contribution in [0.3, 0.4) is 0 Å². The summed E-state index contributed by atoms with van der Waals surface area (Å²) in [5.74, 6) is 0. The fourth-order valence-electron chi connectivity index (χ4n) is 10.6. The first kappa shape index (κ1) is 32.4. The minimum atomic E-state index is -2.81. The third-order valence-corrected chi connectivity index (χ3v) is 22.4. The zero-order chi connectivity index (χ0) is 37.6. The van der Waals surface area contributed by atoms with Crippen molar-refractivity contribution in [2.24, 2.45) is 0 Å². The van der Waals surface area contributed by atoms with E-state index in [1.54, 1.807) is 0 Å². The van der Waals surface area contributed by atoms with E-state index in [4.69, 9.17) is 4.98 Å². The molecule has 0 unspecified atom stereocenters. The summed E-state index contributed by atoms with van der Waals surface area (Å²) in [5, 5.41) is 13.6. The van der Waals surface area contributed by atoms with Crippen LogP contribution in [0.25, 0.3) is 49.7 Å². The topological polar surface area (TPSA) is 17.8 Å². The van der Waals surface area contributed by atoms with Crippen molar-refractivity contribution in [2.45, 2.75) is 0 Å². The molecule has 2 aromatic heterocycles. The molecule has 10 aromatic rings. The molecule has 0 saturated heterocycles. The lowest BCUT2D eigenvalue weighted by Crippen LogP contribution is -2.73. The van der Waals surface area contributed by atoms with Crippen molar-refractivity contribution in [3.63, 3.8) is 0 Å². The Labute approximate surface area is 334 Å². The second kappa shape index (κ2) is 12.3. The van der Waals surface area contributed by atoms with Crippen LogP contribution < -0.4 is 41.6 Å². The summed E-state index contributed by atoms with van der Waals surface area (Å²) < 4.78 is 2.42. The molecule has 0 aliphatic carbocycles. The molecule has 2 aliphatic rings. The van der Waals surface area contributed by atoms with Gasteiger partial charge in [0.2, 0.25) is 8.07 Å². The monoisotopic (exact) mass is 756 g/mol. The average Bonchev–Trinajstić information content (AvgIpc) is 3.90. The number of aromatic nitrogens is 2. The number of rotatable bonds is 5. The van der Waals surface area contributed by atoms with Crippen molar-refractivity contribution >= 4 is 79.6 Å². The van der Waals surface area contributed by atoms with E-state index in [1.165, 1.54) is 80.2 Å². The molecule has 8 aromatic carbocycles. The molecule has 0 atom stereocenters. The van der Waals surface area contributed by atoms with Gasteiger partial charge in [0.15, 0.2) is 8.07 Å². The predicted molar refractivity (Wildman–Crippen MR) is 244 cm³/mol. The summed E-state index contributed by atoms with van der Waals surface area (Å²) in [6.07, 6.45) is 2.17. The van der Waals surface area contributed by atoms with Gasteiger partial charge in [0.1, 0.15) is 0 Å². The molecule has 0 N–H and O–H groups in total. The first-order chi connectivity index (χ1) is 28.3.